The van der Waals surface area contributed by atoms with Gasteiger partial charge in [-0.3, -0.25) is 15.1 Å². The molecule has 0 aliphatic carbocycles. The maximum absolute atomic E-state index is 12.9. The summed E-state index contributed by atoms with van der Waals surface area (Å²) in [6, 6.07) is 19.2. The molecule has 0 heterocycles. The average Bonchev–Trinajstić information content (AvgIpc) is 2.84. The first-order valence-electron chi connectivity index (χ1n) is 10.9. The Kier molecular flexibility index (Phi) is 8.41. The van der Waals surface area contributed by atoms with Crippen LogP contribution in [-0.4, -0.2) is 44.4 Å². The molecule has 0 aliphatic heterocycles. The number of sulfonamides is 1. The summed E-state index contributed by atoms with van der Waals surface area (Å²) in [7, 11) is -3.93. The number of benzene rings is 3. The Bertz CT molecular complexity index is 1370. The number of esters is 1. The molecule has 0 aromatic heterocycles. The minimum absolute atomic E-state index is 0.0125. The van der Waals surface area contributed by atoms with Gasteiger partial charge in [-0.25, -0.2) is 18.4 Å². The number of hydrogen-bond donors (Lipinski definition) is 3. The van der Waals surface area contributed by atoms with E-state index in [1.54, 1.807) is 61.5 Å². The first-order valence-corrected chi connectivity index (χ1v) is 12.4. The lowest BCUT2D eigenvalue weighted by molar-refractivity contribution is -0.144. The maximum atomic E-state index is 12.9. The van der Waals surface area contributed by atoms with E-state index in [1.165, 1.54) is 23.1 Å². The van der Waals surface area contributed by atoms with Crippen molar-refractivity contribution < 1.29 is 27.5 Å². The van der Waals surface area contributed by atoms with E-state index in [1.807, 2.05) is 0 Å². The molecule has 0 radical (unpaired) electrons. The predicted octanol–water partition coefficient (Wildman–Crippen LogP) is 2.85. The van der Waals surface area contributed by atoms with Gasteiger partial charge in [0.1, 0.15) is 18.1 Å². The fourth-order valence-electron chi connectivity index (χ4n) is 3.43. The number of amides is 1. The van der Waals surface area contributed by atoms with Crippen LogP contribution in [-0.2, 0) is 26.1 Å². The van der Waals surface area contributed by atoms with Crippen LogP contribution in [0.15, 0.2) is 77.7 Å². The van der Waals surface area contributed by atoms with Crippen molar-refractivity contribution in [2.75, 3.05) is 13.2 Å². The molecule has 0 fully saturated rings. The van der Waals surface area contributed by atoms with Crippen molar-refractivity contribution in [1.82, 2.24) is 4.90 Å². The van der Waals surface area contributed by atoms with Gasteiger partial charge in [-0.05, 0) is 42.3 Å². The Labute approximate surface area is 209 Å². The van der Waals surface area contributed by atoms with E-state index in [4.69, 9.17) is 25.8 Å². The normalized spacial score (nSPS) is 10.9. The highest BCUT2D eigenvalue weighted by atomic mass is 32.2. The van der Waals surface area contributed by atoms with E-state index < -0.39 is 22.1 Å². The van der Waals surface area contributed by atoms with Crippen molar-refractivity contribution in [3.8, 4) is 16.9 Å². The highest BCUT2D eigenvalue weighted by molar-refractivity contribution is 7.89. The molecule has 3 aromatic rings. The van der Waals surface area contributed by atoms with Crippen LogP contribution < -0.4 is 15.6 Å². The van der Waals surface area contributed by atoms with Gasteiger partial charge in [0.25, 0.3) is 0 Å². The summed E-state index contributed by atoms with van der Waals surface area (Å²) < 4.78 is 34.2. The van der Waals surface area contributed by atoms with Gasteiger partial charge >= 0.3 is 12.1 Å². The van der Waals surface area contributed by atoms with Gasteiger partial charge in [0.2, 0.25) is 10.0 Å². The molecule has 0 saturated heterocycles. The zero-order valence-corrected chi connectivity index (χ0v) is 20.3. The Morgan fingerprint density at radius 1 is 1.00 bits per heavy atom. The van der Waals surface area contributed by atoms with Gasteiger partial charge in [-0.15, -0.1) is 0 Å². The molecule has 0 saturated carbocycles. The summed E-state index contributed by atoms with van der Waals surface area (Å²) in [5, 5.41) is 12.9. The molecule has 1 amide bonds. The number of primary sulfonamides is 1. The standard InChI is InChI=1S/C25H26N4O6S/c1-2-34-23(30)16-29(15-17-6-5-7-19(14-17)24(26)27)25(31)35-20-12-10-18(11-13-20)21-8-3-4-9-22(21)36(28,32)33/h3-14H,2,15-16H2,1H3,(H3,26,27)(H2,28,32,33). The number of nitrogens with one attached hydrogen (secondary N) is 1. The van der Waals surface area contributed by atoms with Crippen molar-refractivity contribution in [3.63, 3.8) is 0 Å². The van der Waals surface area contributed by atoms with Crippen LogP contribution in [0.5, 0.6) is 5.75 Å². The van der Waals surface area contributed by atoms with Crippen molar-refractivity contribution in [2.24, 2.45) is 10.9 Å². The van der Waals surface area contributed by atoms with E-state index >= 15 is 0 Å². The molecule has 3 rings (SSSR count). The lowest BCUT2D eigenvalue weighted by atomic mass is 10.1. The molecule has 36 heavy (non-hydrogen) atoms. The van der Waals surface area contributed by atoms with Crippen molar-refractivity contribution in [2.45, 2.75) is 18.4 Å². The number of nitrogen functional groups attached to an aromatic ring is 1. The van der Waals surface area contributed by atoms with Gasteiger partial charge in [0, 0.05) is 17.7 Å². The Balaban J connectivity index is 1.81. The maximum Gasteiger partial charge on any atom is 0.416 e. The van der Waals surface area contributed by atoms with Gasteiger partial charge in [-0.1, -0.05) is 48.5 Å². The molecule has 5 N–H and O–H groups in total. The number of carbonyl (C=O) groups is 2. The first kappa shape index (κ1) is 26.4. The second-order valence-electron chi connectivity index (χ2n) is 7.71. The second kappa shape index (κ2) is 11.5. The molecular formula is C25H26N4O6S. The van der Waals surface area contributed by atoms with Crippen LogP contribution in [0, 0.1) is 5.41 Å². The Morgan fingerprint density at radius 2 is 1.69 bits per heavy atom. The molecule has 0 bridgehead atoms. The summed E-state index contributed by atoms with van der Waals surface area (Å²) in [6.45, 7) is 1.48. The van der Waals surface area contributed by atoms with E-state index in [0.29, 0.717) is 22.3 Å². The zero-order chi connectivity index (χ0) is 26.3. The fourth-order valence-corrected chi connectivity index (χ4v) is 4.19. The van der Waals surface area contributed by atoms with Crippen LogP contribution in [0.1, 0.15) is 18.1 Å². The van der Waals surface area contributed by atoms with Crippen LogP contribution in [0.3, 0.4) is 0 Å². The van der Waals surface area contributed by atoms with Gasteiger partial charge in [0.05, 0.1) is 11.5 Å². The molecule has 3 aromatic carbocycles. The average molecular weight is 511 g/mol. The summed E-state index contributed by atoms with van der Waals surface area (Å²) in [4.78, 5) is 26.2. The van der Waals surface area contributed by atoms with Crippen molar-refractivity contribution >= 4 is 27.9 Å². The number of ether oxygens (including phenoxy) is 2. The van der Waals surface area contributed by atoms with Crippen LogP contribution in [0.2, 0.25) is 0 Å². The molecule has 10 nitrogen and oxygen atoms in total. The number of carbonyl (C=O) groups excluding carboxylic acids is 2. The van der Waals surface area contributed by atoms with Gasteiger partial charge < -0.3 is 15.2 Å². The van der Waals surface area contributed by atoms with Crippen LogP contribution in [0.25, 0.3) is 11.1 Å². The van der Waals surface area contributed by atoms with Crippen molar-refractivity contribution in [1.29, 1.82) is 5.41 Å². The number of amidine groups is 1. The molecule has 0 unspecified atom stereocenters. The van der Waals surface area contributed by atoms with E-state index in [2.05, 4.69) is 0 Å². The molecule has 0 atom stereocenters. The topological polar surface area (TPSA) is 166 Å². The SMILES string of the molecule is CCOC(=O)CN(Cc1cccc(C(=N)N)c1)C(=O)Oc1ccc(-c2ccccc2S(N)(=O)=O)cc1. The quantitative estimate of drug-likeness (QED) is 0.226. The highest BCUT2D eigenvalue weighted by Gasteiger charge is 2.21. The smallest absolute Gasteiger partial charge is 0.416 e. The Hall–Kier alpha value is -4.22. The summed E-state index contributed by atoms with van der Waals surface area (Å²) >= 11 is 0. The third-order valence-electron chi connectivity index (χ3n) is 5.06. The highest BCUT2D eigenvalue weighted by Crippen LogP contribution is 2.28. The largest absolute Gasteiger partial charge is 0.465 e. The summed E-state index contributed by atoms with van der Waals surface area (Å²) in [5.74, 6) is -0.546. The second-order valence-corrected chi connectivity index (χ2v) is 9.24. The van der Waals surface area contributed by atoms with Gasteiger partial charge in [-0.2, -0.15) is 0 Å². The van der Waals surface area contributed by atoms with E-state index in [-0.39, 0.29) is 36.2 Å². The minimum atomic E-state index is -3.93. The first-order chi connectivity index (χ1) is 17.1. The lowest BCUT2D eigenvalue weighted by Crippen LogP contribution is -2.38. The van der Waals surface area contributed by atoms with Crippen molar-refractivity contribution in [3.05, 3.63) is 83.9 Å². The van der Waals surface area contributed by atoms with E-state index in [0.717, 1.165) is 0 Å². The number of hydrogen-bond acceptors (Lipinski definition) is 7. The Morgan fingerprint density at radius 3 is 2.33 bits per heavy atom. The minimum Gasteiger partial charge on any atom is -0.465 e. The molecule has 11 heteroatoms. The number of nitrogens with two attached hydrogens (primary N) is 2. The molecule has 188 valence electrons. The number of rotatable bonds is 9. The van der Waals surface area contributed by atoms with E-state index in [9.17, 15) is 18.0 Å². The monoisotopic (exact) mass is 510 g/mol. The van der Waals surface area contributed by atoms with Gasteiger partial charge in [0.15, 0.2) is 0 Å². The summed E-state index contributed by atoms with van der Waals surface area (Å²) in [6.07, 6.45) is -0.797. The molecular weight excluding hydrogens is 484 g/mol. The van der Waals surface area contributed by atoms with Crippen LogP contribution >= 0.6 is 0 Å². The molecule has 0 spiro atoms. The lowest BCUT2D eigenvalue weighted by Gasteiger charge is -2.21. The third-order valence-corrected chi connectivity index (χ3v) is 6.03. The predicted molar refractivity (Wildman–Crippen MR) is 134 cm³/mol. The fraction of sp³-hybridized carbons (Fsp3) is 0.160. The third kappa shape index (κ3) is 6.90. The summed E-state index contributed by atoms with van der Waals surface area (Å²) in [5.41, 5.74) is 7.63. The van der Waals surface area contributed by atoms with Crippen LogP contribution in [0.4, 0.5) is 4.79 Å². The zero-order valence-electron chi connectivity index (χ0n) is 19.5. The molecule has 0 aliphatic rings. The number of nitrogens with zero attached hydrogens (tertiary/aromatic N) is 1.